The van der Waals surface area contributed by atoms with Crippen LogP contribution in [0.1, 0.15) is 83.7 Å². The Balaban J connectivity index is 1.79. The van der Waals surface area contributed by atoms with E-state index < -0.39 is 0 Å². The molecular formula is C24H35FN2O. The molecule has 3 nitrogen and oxygen atoms in total. The lowest BCUT2D eigenvalue weighted by molar-refractivity contribution is 0.291. The zero-order chi connectivity index (χ0) is 20.0. The highest BCUT2D eigenvalue weighted by molar-refractivity contribution is 5.59. The second-order valence-corrected chi connectivity index (χ2v) is 7.47. The Morgan fingerprint density at radius 2 is 1.54 bits per heavy atom. The maximum absolute atomic E-state index is 14.3. The summed E-state index contributed by atoms with van der Waals surface area (Å²) in [4.78, 5) is 8.98. The van der Waals surface area contributed by atoms with Crippen molar-refractivity contribution < 1.29 is 9.13 Å². The van der Waals surface area contributed by atoms with Gasteiger partial charge in [0.2, 0.25) is 0 Å². The summed E-state index contributed by atoms with van der Waals surface area (Å²) in [6.45, 7) is 4.93. The third-order valence-corrected chi connectivity index (χ3v) is 4.97. The first-order chi connectivity index (χ1) is 13.7. The summed E-state index contributed by atoms with van der Waals surface area (Å²) in [5.74, 6) is -0.0358. The molecule has 0 radical (unpaired) electrons. The minimum absolute atomic E-state index is 0.309. The van der Waals surface area contributed by atoms with Gasteiger partial charge in [0.1, 0.15) is 0 Å². The van der Waals surface area contributed by atoms with Crippen molar-refractivity contribution >= 4 is 0 Å². The van der Waals surface area contributed by atoms with Crippen LogP contribution in [0, 0.1) is 5.82 Å². The lowest BCUT2D eigenvalue weighted by atomic mass is 10.1. The van der Waals surface area contributed by atoms with Gasteiger partial charge in [-0.05, 0) is 37.5 Å². The molecule has 0 N–H and O–H groups in total. The number of halogens is 1. The maximum atomic E-state index is 14.3. The van der Waals surface area contributed by atoms with E-state index >= 15 is 0 Å². The summed E-state index contributed by atoms with van der Waals surface area (Å²) in [5, 5.41) is 0. The average Bonchev–Trinajstić information content (AvgIpc) is 2.72. The first-order valence-electron chi connectivity index (χ1n) is 11.0. The van der Waals surface area contributed by atoms with Crippen molar-refractivity contribution in [3.8, 4) is 17.0 Å². The van der Waals surface area contributed by atoms with E-state index in [0.717, 1.165) is 43.4 Å². The summed E-state index contributed by atoms with van der Waals surface area (Å²) in [6, 6.07) is 5.01. The van der Waals surface area contributed by atoms with Gasteiger partial charge in [0.25, 0.3) is 0 Å². The second kappa shape index (κ2) is 13.2. The van der Waals surface area contributed by atoms with E-state index in [0.29, 0.717) is 18.1 Å². The van der Waals surface area contributed by atoms with E-state index in [1.54, 1.807) is 12.3 Å². The van der Waals surface area contributed by atoms with Crippen LogP contribution in [-0.4, -0.2) is 16.6 Å². The monoisotopic (exact) mass is 386 g/mol. The highest BCUT2D eigenvalue weighted by Crippen LogP contribution is 2.24. The lowest BCUT2D eigenvalue weighted by Gasteiger charge is -2.08. The second-order valence-electron chi connectivity index (χ2n) is 7.47. The lowest BCUT2D eigenvalue weighted by Crippen LogP contribution is -1.99. The van der Waals surface area contributed by atoms with Gasteiger partial charge in [-0.15, -0.1) is 0 Å². The molecule has 1 aromatic heterocycles. The third-order valence-electron chi connectivity index (χ3n) is 4.97. The molecular weight excluding hydrogens is 351 g/mol. The van der Waals surface area contributed by atoms with E-state index in [4.69, 9.17) is 4.74 Å². The first kappa shape index (κ1) is 22.3. The smallest absolute Gasteiger partial charge is 0.165 e. The van der Waals surface area contributed by atoms with Crippen molar-refractivity contribution in [2.75, 3.05) is 6.61 Å². The van der Waals surface area contributed by atoms with Crippen molar-refractivity contribution in [3.05, 3.63) is 42.1 Å². The molecule has 1 aromatic carbocycles. The molecule has 1 heterocycles. The molecule has 0 fully saturated rings. The molecule has 0 saturated heterocycles. The predicted octanol–water partition coefficient (Wildman–Crippen LogP) is 7.14. The van der Waals surface area contributed by atoms with Crippen LogP contribution in [-0.2, 0) is 6.42 Å². The molecule has 0 amide bonds. The molecule has 0 aliphatic heterocycles. The number of aromatic nitrogens is 2. The van der Waals surface area contributed by atoms with Gasteiger partial charge < -0.3 is 4.74 Å². The fourth-order valence-corrected chi connectivity index (χ4v) is 3.21. The first-order valence-corrected chi connectivity index (χ1v) is 11.0. The van der Waals surface area contributed by atoms with Crippen LogP contribution in [0.2, 0.25) is 0 Å². The van der Waals surface area contributed by atoms with Crippen LogP contribution in [0.25, 0.3) is 11.3 Å². The highest BCUT2D eigenvalue weighted by atomic mass is 19.1. The normalized spacial score (nSPS) is 11.0. The maximum Gasteiger partial charge on any atom is 0.165 e. The Bertz CT molecular complexity index is 673. The summed E-state index contributed by atoms with van der Waals surface area (Å²) < 4.78 is 19.8. The summed E-state index contributed by atoms with van der Waals surface area (Å²) in [6.07, 6.45) is 16.7. The third kappa shape index (κ3) is 7.95. The number of hydrogen-bond donors (Lipinski definition) is 0. The molecule has 4 heteroatoms. The van der Waals surface area contributed by atoms with Crippen LogP contribution in [0.3, 0.4) is 0 Å². The van der Waals surface area contributed by atoms with Crippen LogP contribution < -0.4 is 4.74 Å². The van der Waals surface area contributed by atoms with Crippen LogP contribution in [0.4, 0.5) is 4.39 Å². The van der Waals surface area contributed by atoms with Gasteiger partial charge in [-0.25, -0.2) is 4.39 Å². The van der Waals surface area contributed by atoms with E-state index in [2.05, 4.69) is 23.8 Å². The van der Waals surface area contributed by atoms with Crippen LogP contribution in [0.5, 0.6) is 5.75 Å². The van der Waals surface area contributed by atoms with Crippen LogP contribution in [0.15, 0.2) is 30.6 Å². The van der Waals surface area contributed by atoms with Gasteiger partial charge in [0.15, 0.2) is 11.6 Å². The summed E-state index contributed by atoms with van der Waals surface area (Å²) in [7, 11) is 0. The van der Waals surface area contributed by atoms with E-state index in [1.165, 1.54) is 44.6 Å². The number of benzene rings is 1. The number of rotatable bonds is 14. The SMILES string of the molecule is CCCCCCCCCc1cnc(-c2ccc(OCCCCC)c(F)c2)cn1. The van der Waals surface area contributed by atoms with Crippen molar-refractivity contribution in [3.63, 3.8) is 0 Å². The Hall–Kier alpha value is -1.97. The minimum atomic E-state index is -0.344. The Morgan fingerprint density at radius 3 is 2.21 bits per heavy atom. The minimum Gasteiger partial charge on any atom is -0.491 e. The number of hydrogen-bond acceptors (Lipinski definition) is 3. The van der Waals surface area contributed by atoms with Crippen molar-refractivity contribution in [1.82, 2.24) is 9.97 Å². The molecule has 0 aliphatic rings. The highest BCUT2D eigenvalue weighted by Gasteiger charge is 2.08. The van der Waals surface area contributed by atoms with Gasteiger partial charge >= 0.3 is 0 Å². The molecule has 0 aliphatic carbocycles. The standard InChI is InChI=1S/C24H35FN2O/c1-3-5-7-8-9-10-11-13-21-18-27-23(19-26-21)20-14-15-24(22(25)17-20)28-16-12-6-4-2/h14-15,17-19H,3-13,16H2,1-2H3. The van der Waals surface area contributed by atoms with Crippen molar-refractivity contribution in [1.29, 1.82) is 0 Å². The average molecular weight is 387 g/mol. The van der Waals surface area contributed by atoms with Gasteiger partial charge in [-0.2, -0.15) is 0 Å². The number of unbranched alkanes of at least 4 members (excludes halogenated alkanes) is 8. The topological polar surface area (TPSA) is 35.0 Å². The van der Waals surface area contributed by atoms with E-state index in [-0.39, 0.29) is 5.82 Å². The zero-order valence-corrected chi connectivity index (χ0v) is 17.6. The van der Waals surface area contributed by atoms with Crippen LogP contribution >= 0.6 is 0 Å². The van der Waals surface area contributed by atoms with Gasteiger partial charge in [-0.3, -0.25) is 9.97 Å². The van der Waals surface area contributed by atoms with Gasteiger partial charge in [0, 0.05) is 11.8 Å². The Morgan fingerprint density at radius 1 is 0.821 bits per heavy atom. The molecule has 28 heavy (non-hydrogen) atoms. The fraction of sp³-hybridized carbons (Fsp3) is 0.583. The number of nitrogens with zero attached hydrogens (tertiary/aromatic N) is 2. The van der Waals surface area contributed by atoms with Crippen molar-refractivity contribution in [2.24, 2.45) is 0 Å². The molecule has 154 valence electrons. The van der Waals surface area contributed by atoms with E-state index in [1.807, 2.05) is 12.3 Å². The molecule has 0 atom stereocenters. The molecule has 2 rings (SSSR count). The molecule has 0 spiro atoms. The summed E-state index contributed by atoms with van der Waals surface area (Å²) >= 11 is 0. The number of ether oxygens (including phenoxy) is 1. The largest absolute Gasteiger partial charge is 0.491 e. The quantitative estimate of drug-likeness (QED) is 0.323. The van der Waals surface area contributed by atoms with Crippen molar-refractivity contribution in [2.45, 2.75) is 84.5 Å². The van der Waals surface area contributed by atoms with Gasteiger partial charge in [-0.1, -0.05) is 65.2 Å². The molecule has 0 bridgehead atoms. The Kier molecular flexibility index (Phi) is 10.6. The number of aryl methyl sites for hydroxylation is 1. The van der Waals surface area contributed by atoms with Gasteiger partial charge in [0.05, 0.1) is 24.2 Å². The zero-order valence-electron chi connectivity index (χ0n) is 17.6. The molecule has 2 aromatic rings. The fourth-order valence-electron chi connectivity index (χ4n) is 3.21. The summed E-state index contributed by atoms with van der Waals surface area (Å²) in [5.41, 5.74) is 2.43. The predicted molar refractivity (Wildman–Crippen MR) is 114 cm³/mol. The van der Waals surface area contributed by atoms with E-state index in [9.17, 15) is 4.39 Å². The Labute approximate surface area is 169 Å². The molecule has 0 unspecified atom stereocenters. The molecule has 0 saturated carbocycles.